The Morgan fingerprint density at radius 1 is 1.43 bits per heavy atom. The minimum absolute atomic E-state index is 0.0726. The van der Waals surface area contributed by atoms with Crippen molar-refractivity contribution in [2.75, 3.05) is 13.2 Å². The summed E-state index contributed by atoms with van der Waals surface area (Å²) in [6, 6.07) is 3.39. The SMILES string of the molecule is OCCC1(c2ccc(F)cc2F)CO1. The fourth-order valence-electron chi connectivity index (χ4n) is 1.56. The molecule has 1 aromatic rings. The van der Waals surface area contributed by atoms with Gasteiger partial charge in [-0.05, 0) is 6.07 Å². The molecule has 0 amide bonds. The number of rotatable bonds is 3. The Morgan fingerprint density at radius 2 is 2.14 bits per heavy atom. The lowest BCUT2D eigenvalue weighted by atomic mass is 9.96. The average molecular weight is 200 g/mol. The third-order valence-electron chi connectivity index (χ3n) is 2.43. The highest BCUT2D eigenvalue weighted by atomic mass is 19.1. The molecule has 1 atom stereocenters. The summed E-state index contributed by atoms with van der Waals surface area (Å²) in [5.74, 6) is -1.22. The van der Waals surface area contributed by atoms with Crippen molar-refractivity contribution in [2.45, 2.75) is 12.0 Å². The van der Waals surface area contributed by atoms with Crippen LogP contribution in [0.3, 0.4) is 0 Å². The van der Waals surface area contributed by atoms with E-state index < -0.39 is 17.2 Å². The molecule has 2 rings (SSSR count). The van der Waals surface area contributed by atoms with Gasteiger partial charge in [0.15, 0.2) is 0 Å². The number of ether oxygens (including phenoxy) is 1. The van der Waals surface area contributed by atoms with Gasteiger partial charge in [-0.2, -0.15) is 0 Å². The summed E-state index contributed by atoms with van der Waals surface area (Å²) >= 11 is 0. The molecule has 4 heteroatoms. The lowest BCUT2D eigenvalue weighted by Gasteiger charge is -2.11. The average Bonchev–Trinajstić information content (AvgIpc) is 2.86. The van der Waals surface area contributed by atoms with Gasteiger partial charge < -0.3 is 9.84 Å². The Balaban J connectivity index is 2.32. The molecule has 1 fully saturated rings. The van der Waals surface area contributed by atoms with Crippen molar-refractivity contribution in [3.8, 4) is 0 Å². The second-order valence-corrected chi connectivity index (χ2v) is 3.38. The van der Waals surface area contributed by atoms with E-state index in [1.165, 1.54) is 12.1 Å². The maximum Gasteiger partial charge on any atom is 0.132 e. The summed E-state index contributed by atoms with van der Waals surface area (Å²) in [7, 11) is 0. The highest BCUT2D eigenvalue weighted by Crippen LogP contribution is 2.42. The van der Waals surface area contributed by atoms with Gasteiger partial charge in [0.1, 0.15) is 17.2 Å². The number of hydrogen-bond donors (Lipinski definition) is 1. The van der Waals surface area contributed by atoms with Crippen LogP contribution >= 0.6 is 0 Å². The maximum atomic E-state index is 13.3. The highest BCUT2D eigenvalue weighted by molar-refractivity contribution is 5.28. The van der Waals surface area contributed by atoms with Crippen molar-refractivity contribution in [1.82, 2.24) is 0 Å². The van der Waals surface area contributed by atoms with Gasteiger partial charge >= 0.3 is 0 Å². The molecule has 1 heterocycles. The minimum atomic E-state index is -0.716. The molecular formula is C10H10F2O2. The van der Waals surface area contributed by atoms with E-state index in [2.05, 4.69) is 0 Å². The van der Waals surface area contributed by atoms with Crippen molar-refractivity contribution in [2.24, 2.45) is 0 Å². The van der Waals surface area contributed by atoms with Crippen molar-refractivity contribution >= 4 is 0 Å². The number of aliphatic hydroxyl groups is 1. The molecule has 0 aromatic heterocycles. The quantitative estimate of drug-likeness (QED) is 0.751. The van der Waals surface area contributed by atoms with Crippen LogP contribution in [0.5, 0.6) is 0 Å². The molecule has 1 aliphatic heterocycles. The first-order valence-electron chi connectivity index (χ1n) is 4.38. The van der Waals surface area contributed by atoms with E-state index >= 15 is 0 Å². The Bertz CT molecular complexity index is 348. The maximum absolute atomic E-state index is 13.3. The molecule has 76 valence electrons. The zero-order valence-corrected chi connectivity index (χ0v) is 7.46. The Hall–Kier alpha value is -1.00. The second-order valence-electron chi connectivity index (χ2n) is 3.38. The van der Waals surface area contributed by atoms with Crippen LogP contribution in [-0.2, 0) is 10.3 Å². The fraction of sp³-hybridized carbons (Fsp3) is 0.400. The standard InChI is InChI=1S/C10H10F2O2/c11-7-1-2-8(9(12)5-7)10(3-4-13)6-14-10/h1-2,5,13H,3-4,6H2. The first kappa shape index (κ1) is 9.55. The molecule has 1 saturated heterocycles. The smallest absolute Gasteiger partial charge is 0.132 e. The number of hydrogen-bond acceptors (Lipinski definition) is 2. The number of epoxide rings is 1. The number of aliphatic hydroxyl groups excluding tert-OH is 1. The zero-order chi connectivity index (χ0) is 10.2. The molecule has 1 aliphatic rings. The van der Waals surface area contributed by atoms with Crippen molar-refractivity contribution in [3.63, 3.8) is 0 Å². The van der Waals surface area contributed by atoms with Gasteiger partial charge in [0.2, 0.25) is 0 Å². The lowest BCUT2D eigenvalue weighted by Crippen LogP contribution is -2.13. The van der Waals surface area contributed by atoms with Gasteiger partial charge in [-0.1, -0.05) is 6.07 Å². The van der Waals surface area contributed by atoms with E-state index in [0.29, 0.717) is 18.6 Å². The summed E-state index contributed by atoms with van der Waals surface area (Å²) in [5.41, 5.74) is -0.389. The van der Waals surface area contributed by atoms with Crippen LogP contribution in [0.4, 0.5) is 8.78 Å². The van der Waals surface area contributed by atoms with E-state index in [9.17, 15) is 8.78 Å². The molecule has 14 heavy (non-hydrogen) atoms. The van der Waals surface area contributed by atoms with Crippen LogP contribution in [0.1, 0.15) is 12.0 Å². The summed E-state index contributed by atoms with van der Waals surface area (Å²) < 4.78 is 31.0. The monoisotopic (exact) mass is 200 g/mol. The predicted octanol–water partition coefficient (Wildman–Crippen LogP) is 1.57. The second kappa shape index (κ2) is 3.29. The van der Waals surface area contributed by atoms with Gasteiger partial charge in [-0.25, -0.2) is 8.78 Å². The Labute approximate surface area is 80.1 Å². The van der Waals surface area contributed by atoms with Crippen LogP contribution in [0.15, 0.2) is 18.2 Å². The van der Waals surface area contributed by atoms with Crippen molar-refractivity contribution < 1.29 is 18.6 Å². The first-order valence-corrected chi connectivity index (χ1v) is 4.38. The van der Waals surface area contributed by atoms with E-state index in [0.717, 1.165) is 6.07 Å². The third-order valence-corrected chi connectivity index (χ3v) is 2.43. The predicted molar refractivity (Wildman–Crippen MR) is 45.7 cm³/mol. The van der Waals surface area contributed by atoms with Gasteiger partial charge in [-0.3, -0.25) is 0 Å². The van der Waals surface area contributed by atoms with E-state index in [-0.39, 0.29) is 6.61 Å². The van der Waals surface area contributed by atoms with Gasteiger partial charge in [0.25, 0.3) is 0 Å². The van der Waals surface area contributed by atoms with E-state index in [1.807, 2.05) is 0 Å². The number of halogens is 2. The third kappa shape index (κ3) is 1.51. The molecule has 1 unspecified atom stereocenters. The summed E-state index contributed by atoms with van der Waals surface area (Å²) in [6.45, 7) is 0.312. The highest BCUT2D eigenvalue weighted by Gasteiger charge is 2.47. The van der Waals surface area contributed by atoms with Crippen molar-refractivity contribution in [1.29, 1.82) is 0 Å². The zero-order valence-electron chi connectivity index (χ0n) is 7.46. The molecule has 2 nitrogen and oxygen atoms in total. The normalized spacial score (nSPS) is 25.1. The molecular weight excluding hydrogens is 190 g/mol. The molecule has 0 spiro atoms. The molecule has 0 saturated carbocycles. The molecule has 0 aliphatic carbocycles. The van der Waals surface area contributed by atoms with E-state index in [1.54, 1.807) is 0 Å². The first-order chi connectivity index (χ1) is 6.68. The molecule has 1 aromatic carbocycles. The number of benzene rings is 1. The van der Waals surface area contributed by atoms with Crippen molar-refractivity contribution in [3.05, 3.63) is 35.4 Å². The van der Waals surface area contributed by atoms with E-state index in [4.69, 9.17) is 9.84 Å². The van der Waals surface area contributed by atoms with Crippen LogP contribution in [0.2, 0.25) is 0 Å². The Morgan fingerprint density at radius 3 is 2.64 bits per heavy atom. The summed E-state index contributed by atoms with van der Waals surface area (Å²) in [6.07, 6.45) is 0.343. The van der Waals surface area contributed by atoms with Gasteiger partial charge in [0.05, 0.1) is 6.61 Å². The van der Waals surface area contributed by atoms with Crippen LogP contribution in [-0.4, -0.2) is 18.3 Å². The summed E-state index contributed by atoms with van der Waals surface area (Å²) in [5, 5.41) is 8.77. The molecule has 0 bridgehead atoms. The molecule has 1 N–H and O–H groups in total. The van der Waals surface area contributed by atoms with Crippen LogP contribution < -0.4 is 0 Å². The Kier molecular flexibility index (Phi) is 2.25. The van der Waals surface area contributed by atoms with Gasteiger partial charge in [0, 0.05) is 24.7 Å². The molecule has 0 radical (unpaired) electrons. The largest absolute Gasteiger partial charge is 0.396 e. The van der Waals surface area contributed by atoms with Crippen LogP contribution in [0.25, 0.3) is 0 Å². The topological polar surface area (TPSA) is 32.8 Å². The minimum Gasteiger partial charge on any atom is -0.396 e. The van der Waals surface area contributed by atoms with Gasteiger partial charge in [-0.15, -0.1) is 0 Å². The van der Waals surface area contributed by atoms with Crippen LogP contribution in [0, 0.1) is 11.6 Å². The summed E-state index contributed by atoms with van der Waals surface area (Å²) in [4.78, 5) is 0. The fourth-order valence-corrected chi connectivity index (χ4v) is 1.56. The lowest BCUT2D eigenvalue weighted by molar-refractivity contribution is 0.211.